The molecule has 2 N–H and O–H groups in total. The summed E-state index contributed by atoms with van der Waals surface area (Å²) in [5, 5.41) is 8.87. The van der Waals surface area contributed by atoms with Crippen LogP contribution in [-0.2, 0) is 14.3 Å². The molecule has 0 unspecified atom stereocenters. The number of nitrogens with one attached hydrogen (secondary N) is 2. The van der Waals surface area contributed by atoms with Gasteiger partial charge in [-0.05, 0) is 37.5 Å². The predicted molar refractivity (Wildman–Crippen MR) is 89.0 cm³/mol. The van der Waals surface area contributed by atoms with E-state index in [9.17, 15) is 9.59 Å². The minimum atomic E-state index is -0.104. The van der Waals surface area contributed by atoms with Gasteiger partial charge in [-0.15, -0.1) is 11.3 Å². The van der Waals surface area contributed by atoms with Gasteiger partial charge in [0.25, 0.3) is 0 Å². The van der Waals surface area contributed by atoms with Crippen LogP contribution in [-0.4, -0.2) is 37.1 Å². The Balaban J connectivity index is 1.92. The van der Waals surface area contributed by atoms with E-state index in [4.69, 9.17) is 4.74 Å². The van der Waals surface area contributed by atoms with Gasteiger partial charge in [0.1, 0.15) is 11.6 Å². The Labute approximate surface area is 141 Å². The Morgan fingerprint density at radius 3 is 2.70 bits per heavy atom. The minimum Gasteiger partial charge on any atom is -0.375 e. The van der Waals surface area contributed by atoms with Crippen LogP contribution in [0.4, 0.5) is 0 Å². The lowest BCUT2D eigenvalue weighted by Gasteiger charge is -2.33. The summed E-state index contributed by atoms with van der Waals surface area (Å²) in [6.07, 6.45) is 5.96. The first kappa shape index (κ1) is 17.9. The van der Waals surface area contributed by atoms with Crippen molar-refractivity contribution in [2.24, 2.45) is 11.8 Å². The first-order chi connectivity index (χ1) is 11.1. The number of thiazole rings is 1. The van der Waals surface area contributed by atoms with E-state index in [0.717, 1.165) is 37.2 Å². The lowest BCUT2D eigenvalue weighted by molar-refractivity contribution is -0.126. The molecule has 0 radical (unpaired) electrons. The predicted octanol–water partition coefficient (Wildman–Crippen LogP) is 1.89. The Kier molecular flexibility index (Phi) is 6.98. The summed E-state index contributed by atoms with van der Waals surface area (Å²) < 4.78 is 4.91. The van der Waals surface area contributed by atoms with Crippen LogP contribution >= 0.6 is 11.3 Å². The van der Waals surface area contributed by atoms with E-state index >= 15 is 0 Å². The molecule has 1 saturated carbocycles. The molecule has 1 aromatic rings. The van der Waals surface area contributed by atoms with Crippen LogP contribution in [0.25, 0.3) is 0 Å². The molecule has 2 amide bonds. The molecule has 6 nitrogen and oxygen atoms in total. The van der Waals surface area contributed by atoms with Gasteiger partial charge in [0.2, 0.25) is 11.8 Å². The molecule has 0 bridgehead atoms. The molecule has 1 aliphatic carbocycles. The summed E-state index contributed by atoms with van der Waals surface area (Å²) in [4.78, 5) is 27.3. The number of rotatable bonds is 7. The zero-order valence-corrected chi connectivity index (χ0v) is 14.5. The number of nitrogens with zero attached hydrogens (tertiary/aromatic N) is 1. The second-order valence-corrected chi connectivity index (χ2v) is 6.99. The van der Waals surface area contributed by atoms with E-state index in [1.807, 2.05) is 5.38 Å². The van der Waals surface area contributed by atoms with Crippen molar-refractivity contribution in [1.82, 2.24) is 15.6 Å². The lowest BCUT2D eigenvalue weighted by atomic mass is 9.78. The molecular formula is C16H25N3O3S. The number of ether oxygens (including phenoxy) is 1. The number of amides is 2. The molecule has 1 aromatic heterocycles. The van der Waals surface area contributed by atoms with E-state index in [1.54, 1.807) is 24.5 Å². The topological polar surface area (TPSA) is 80.3 Å². The highest BCUT2D eigenvalue weighted by Crippen LogP contribution is 2.37. The van der Waals surface area contributed by atoms with Gasteiger partial charge >= 0.3 is 0 Å². The third-order valence-electron chi connectivity index (χ3n) is 4.31. The molecule has 23 heavy (non-hydrogen) atoms. The SMILES string of the molecule is COCC(=O)N[C@H](c1nccs1)C1CCC(CNC(C)=O)CC1. The van der Waals surface area contributed by atoms with Gasteiger partial charge < -0.3 is 15.4 Å². The summed E-state index contributed by atoms with van der Waals surface area (Å²) in [6, 6.07) is -0.0423. The summed E-state index contributed by atoms with van der Waals surface area (Å²) in [5.74, 6) is 0.838. The third-order valence-corrected chi connectivity index (χ3v) is 5.17. The molecule has 0 saturated heterocycles. The molecule has 0 aromatic carbocycles. The third kappa shape index (κ3) is 5.58. The zero-order valence-electron chi connectivity index (χ0n) is 13.7. The summed E-state index contributed by atoms with van der Waals surface area (Å²) >= 11 is 1.58. The number of carbonyl (C=O) groups excluding carboxylic acids is 2. The largest absolute Gasteiger partial charge is 0.375 e. The van der Waals surface area contributed by atoms with Crippen LogP contribution in [0.1, 0.15) is 43.7 Å². The van der Waals surface area contributed by atoms with E-state index in [1.165, 1.54) is 7.11 Å². The first-order valence-corrected chi connectivity index (χ1v) is 8.90. The van der Waals surface area contributed by atoms with Crippen molar-refractivity contribution in [1.29, 1.82) is 0 Å². The van der Waals surface area contributed by atoms with Crippen molar-refractivity contribution >= 4 is 23.2 Å². The fourth-order valence-corrected chi connectivity index (χ4v) is 3.91. The van der Waals surface area contributed by atoms with Crippen LogP contribution in [0.2, 0.25) is 0 Å². The normalized spacial score (nSPS) is 22.3. The number of hydrogen-bond acceptors (Lipinski definition) is 5. The highest BCUT2D eigenvalue weighted by atomic mass is 32.1. The molecule has 0 aliphatic heterocycles. The number of methoxy groups -OCH3 is 1. The second-order valence-electron chi connectivity index (χ2n) is 6.07. The van der Waals surface area contributed by atoms with Crippen molar-refractivity contribution < 1.29 is 14.3 Å². The van der Waals surface area contributed by atoms with Crippen LogP contribution in [0.15, 0.2) is 11.6 Å². The Morgan fingerprint density at radius 2 is 2.13 bits per heavy atom. The van der Waals surface area contributed by atoms with Crippen LogP contribution in [0.3, 0.4) is 0 Å². The maximum Gasteiger partial charge on any atom is 0.246 e. The Morgan fingerprint density at radius 1 is 1.39 bits per heavy atom. The highest BCUT2D eigenvalue weighted by molar-refractivity contribution is 7.09. The molecule has 1 atom stereocenters. The van der Waals surface area contributed by atoms with Crippen molar-refractivity contribution in [3.8, 4) is 0 Å². The van der Waals surface area contributed by atoms with Gasteiger partial charge in [0.05, 0.1) is 6.04 Å². The van der Waals surface area contributed by atoms with E-state index in [2.05, 4.69) is 15.6 Å². The molecular weight excluding hydrogens is 314 g/mol. The smallest absolute Gasteiger partial charge is 0.246 e. The van der Waals surface area contributed by atoms with Crippen LogP contribution < -0.4 is 10.6 Å². The molecule has 0 spiro atoms. The van der Waals surface area contributed by atoms with Gasteiger partial charge in [-0.25, -0.2) is 4.98 Å². The van der Waals surface area contributed by atoms with Gasteiger partial charge in [-0.2, -0.15) is 0 Å². The fourth-order valence-electron chi connectivity index (χ4n) is 3.13. The van der Waals surface area contributed by atoms with Gasteiger partial charge in [0.15, 0.2) is 0 Å². The fraction of sp³-hybridized carbons (Fsp3) is 0.688. The standard InChI is InChI=1S/C16H25N3O3S/c1-11(20)18-9-12-3-5-13(6-4-12)15(16-17-7-8-23-16)19-14(21)10-22-2/h7-8,12-13,15H,3-6,9-10H2,1-2H3,(H,18,20)(H,19,21)/t12?,13?,15-/m0/s1. The molecule has 1 heterocycles. The maximum atomic E-state index is 11.9. The highest BCUT2D eigenvalue weighted by Gasteiger charge is 2.31. The van der Waals surface area contributed by atoms with Crippen molar-refractivity contribution in [2.75, 3.05) is 20.3 Å². The lowest BCUT2D eigenvalue weighted by Crippen LogP contribution is -2.38. The maximum absolute atomic E-state index is 11.9. The van der Waals surface area contributed by atoms with Crippen molar-refractivity contribution in [3.05, 3.63) is 16.6 Å². The molecule has 2 rings (SSSR count). The summed E-state index contributed by atoms with van der Waals surface area (Å²) in [6.45, 7) is 2.37. The van der Waals surface area contributed by atoms with Crippen LogP contribution in [0, 0.1) is 11.8 Å². The van der Waals surface area contributed by atoms with E-state index < -0.39 is 0 Å². The van der Waals surface area contributed by atoms with Crippen LogP contribution in [0.5, 0.6) is 0 Å². The Bertz CT molecular complexity index is 499. The van der Waals surface area contributed by atoms with Crippen molar-refractivity contribution in [3.63, 3.8) is 0 Å². The average Bonchev–Trinajstić information content (AvgIpc) is 3.05. The molecule has 7 heteroatoms. The molecule has 1 aliphatic rings. The first-order valence-electron chi connectivity index (χ1n) is 8.02. The van der Waals surface area contributed by atoms with E-state index in [-0.39, 0.29) is 24.5 Å². The number of aromatic nitrogens is 1. The van der Waals surface area contributed by atoms with Gasteiger partial charge in [-0.1, -0.05) is 0 Å². The summed E-state index contributed by atoms with van der Waals surface area (Å²) in [7, 11) is 1.52. The Hall–Kier alpha value is -1.47. The summed E-state index contributed by atoms with van der Waals surface area (Å²) in [5.41, 5.74) is 0. The number of carbonyl (C=O) groups is 2. The minimum absolute atomic E-state index is 0.0274. The second kappa shape index (κ2) is 8.98. The van der Waals surface area contributed by atoms with E-state index in [0.29, 0.717) is 11.8 Å². The zero-order chi connectivity index (χ0) is 16.7. The number of hydrogen-bond donors (Lipinski definition) is 2. The molecule has 1 fully saturated rings. The molecule has 128 valence electrons. The average molecular weight is 339 g/mol. The monoisotopic (exact) mass is 339 g/mol. The quantitative estimate of drug-likeness (QED) is 0.795. The van der Waals surface area contributed by atoms with Crippen molar-refractivity contribution in [2.45, 2.75) is 38.6 Å². The van der Waals surface area contributed by atoms with Gasteiger partial charge in [0, 0.05) is 32.2 Å². The van der Waals surface area contributed by atoms with Gasteiger partial charge in [-0.3, -0.25) is 9.59 Å².